The van der Waals surface area contributed by atoms with Crippen molar-refractivity contribution in [3.8, 4) is 11.4 Å². The van der Waals surface area contributed by atoms with Crippen LogP contribution in [0.1, 0.15) is 0 Å². The molecule has 3 rings (SSSR count). The summed E-state index contributed by atoms with van der Waals surface area (Å²) in [6.07, 6.45) is 3.46. The first-order valence-corrected chi connectivity index (χ1v) is 5.51. The molecule has 0 N–H and O–H groups in total. The van der Waals surface area contributed by atoms with Crippen LogP contribution in [-0.4, -0.2) is 9.38 Å². The molecule has 4 heteroatoms. The lowest BCUT2D eigenvalue weighted by Crippen LogP contribution is -1.91. The molecule has 84 valence electrons. The molecule has 0 unspecified atom stereocenters. The van der Waals surface area contributed by atoms with Crippen LogP contribution in [-0.2, 0) is 0 Å². The van der Waals surface area contributed by atoms with E-state index in [1.54, 1.807) is 40.9 Å². The molecule has 0 aliphatic carbocycles. The predicted octanol–water partition coefficient (Wildman–Crippen LogP) is 3.79. The number of rotatable bonds is 1. The van der Waals surface area contributed by atoms with Gasteiger partial charge in [0.25, 0.3) is 0 Å². The van der Waals surface area contributed by atoms with Crippen LogP contribution in [0.15, 0.2) is 48.8 Å². The molecule has 0 radical (unpaired) electrons. The van der Waals surface area contributed by atoms with Crippen LogP contribution in [0.25, 0.3) is 16.9 Å². The van der Waals surface area contributed by atoms with Crippen molar-refractivity contribution in [2.24, 2.45) is 0 Å². The molecule has 0 spiro atoms. The largest absolute Gasteiger partial charge is 0.298 e. The second kappa shape index (κ2) is 3.86. The maximum atomic E-state index is 13.7. The molecule has 2 heterocycles. The van der Waals surface area contributed by atoms with Gasteiger partial charge in [0.15, 0.2) is 0 Å². The zero-order valence-electron chi connectivity index (χ0n) is 8.77. The summed E-state index contributed by atoms with van der Waals surface area (Å²) >= 11 is 6.04. The van der Waals surface area contributed by atoms with Gasteiger partial charge in [0.05, 0.1) is 22.3 Å². The Morgan fingerprint density at radius 2 is 1.94 bits per heavy atom. The minimum Gasteiger partial charge on any atom is -0.298 e. The first-order valence-electron chi connectivity index (χ1n) is 5.14. The Balaban J connectivity index is 2.33. The van der Waals surface area contributed by atoms with E-state index in [1.807, 2.05) is 6.20 Å². The molecule has 3 aromatic rings. The minimum atomic E-state index is -0.292. The van der Waals surface area contributed by atoms with E-state index in [9.17, 15) is 4.39 Å². The third-order valence-electron chi connectivity index (χ3n) is 2.63. The molecular weight excluding hydrogens is 239 g/mol. The Kier molecular flexibility index (Phi) is 2.34. The number of fused-ring (bicyclic) bond motifs is 1. The molecule has 0 bridgehead atoms. The predicted molar refractivity (Wildman–Crippen MR) is 65.6 cm³/mol. The summed E-state index contributed by atoms with van der Waals surface area (Å²) in [4.78, 5) is 4.23. The fraction of sp³-hybridized carbons (Fsp3) is 0. The number of aromatic nitrogens is 2. The molecule has 0 fully saturated rings. The van der Waals surface area contributed by atoms with E-state index in [4.69, 9.17) is 11.6 Å². The van der Waals surface area contributed by atoms with Crippen LogP contribution in [0.4, 0.5) is 4.39 Å². The fourth-order valence-corrected chi connectivity index (χ4v) is 2.04. The fourth-order valence-electron chi connectivity index (χ4n) is 1.83. The molecule has 0 aliphatic heterocycles. The van der Waals surface area contributed by atoms with E-state index >= 15 is 0 Å². The zero-order chi connectivity index (χ0) is 11.8. The third kappa shape index (κ3) is 1.59. The van der Waals surface area contributed by atoms with Crippen molar-refractivity contribution < 1.29 is 4.39 Å². The zero-order valence-corrected chi connectivity index (χ0v) is 9.53. The average Bonchev–Trinajstić information content (AvgIpc) is 2.75. The first-order chi connectivity index (χ1) is 8.27. The van der Waals surface area contributed by atoms with E-state index < -0.39 is 0 Å². The van der Waals surface area contributed by atoms with Gasteiger partial charge in [-0.25, -0.2) is 9.37 Å². The van der Waals surface area contributed by atoms with Crippen molar-refractivity contribution in [1.29, 1.82) is 0 Å². The van der Waals surface area contributed by atoms with Crippen LogP contribution in [0.2, 0.25) is 5.02 Å². The quantitative estimate of drug-likeness (QED) is 0.639. The van der Waals surface area contributed by atoms with Gasteiger partial charge >= 0.3 is 0 Å². The van der Waals surface area contributed by atoms with Crippen molar-refractivity contribution in [3.63, 3.8) is 0 Å². The Labute approximate surface area is 102 Å². The van der Waals surface area contributed by atoms with Crippen molar-refractivity contribution in [2.75, 3.05) is 0 Å². The lowest BCUT2D eigenvalue weighted by molar-refractivity contribution is 0.630. The summed E-state index contributed by atoms with van der Waals surface area (Å²) in [6, 6.07) is 10.1. The van der Waals surface area contributed by atoms with Gasteiger partial charge in [-0.15, -0.1) is 0 Å². The number of hydrogen-bond donors (Lipinski definition) is 0. The molecule has 0 atom stereocenters. The van der Waals surface area contributed by atoms with E-state index in [0.29, 0.717) is 16.4 Å². The van der Waals surface area contributed by atoms with Crippen molar-refractivity contribution in [3.05, 3.63) is 59.6 Å². The Morgan fingerprint density at radius 1 is 1.12 bits per heavy atom. The summed E-state index contributed by atoms with van der Waals surface area (Å²) in [6.45, 7) is 0. The van der Waals surface area contributed by atoms with Crippen LogP contribution < -0.4 is 0 Å². The maximum Gasteiger partial charge on any atom is 0.147 e. The summed E-state index contributed by atoms with van der Waals surface area (Å²) in [5.41, 5.74) is 1.24. The van der Waals surface area contributed by atoms with E-state index in [2.05, 4.69) is 4.98 Å². The van der Waals surface area contributed by atoms with E-state index in [-0.39, 0.29) is 5.82 Å². The highest BCUT2D eigenvalue weighted by Crippen LogP contribution is 2.25. The van der Waals surface area contributed by atoms with Crippen LogP contribution in [0.5, 0.6) is 0 Å². The molecular formula is C13H8ClFN2. The Bertz CT molecular complexity index is 691. The smallest absolute Gasteiger partial charge is 0.147 e. The summed E-state index contributed by atoms with van der Waals surface area (Å²) < 4.78 is 15.5. The van der Waals surface area contributed by atoms with Gasteiger partial charge in [0.2, 0.25) is 0 Å². The third-order valence-corrected chi connectivity index (χ3v) is 2.95. The van der Waals surface area contributed by atoms with Gasteiger partial charge in [-0.1, -0.05) is 23.7 Å². The summed E-state index contributed by atoms with van der Waals surface area (Å²) in [5.74, 6) is 0.264. The molecule has 17 heavy (non-hydrogen) atoms. The molecule has 2 nitrogen and oxygen atoms in total. The standard InChI is InChI=1S/C13H8ClFN2/c14-10-5-3-7-17-12(10)8-16-13(17)9-4-1-2-6-11(9)15/h1-8H. The van der Waals surface area contributed by atoms with Crippen molar-refractivity contribution in [2.45, 2.75) is 0 Å². The van der Waals surface area contributed by atoms with Crippen molar-refractivity contribution >= 4 is 17.1 Å². The second-order valence-corrected chi connectivity index (χ2v) is 4.08. The highest BCUT2D eigenvalue weighted by molar-refractivity contribution is 6.33. The lowest BCUT2D eigenvalue weighted by atomic mass is 10.2. The molecule has 0 aliphatic rings. The SMILES string of the molecule is Fc1ccccc1-c1ncc2c(Cl)cccn12. The average molecular weight is 247 g/mol. The maximum absolute atomic E-state index is 13.7. The van der Waals surface area contributed by atoms with E-state index in [0.717, 1.165) is 5.52 Å². The van der Waals surface area contributed by atoms with Crippen LogP contribution in [0.3, 0.4) is 0 Å². The van der Waals surface area contributed by atoms with Gasteiger partial charge in [0, 0.05) is 6.20 Å². The molecule has 0 saturated heterocycles. The second-order valence-electron chi connectivity index (χ2n) is 3.67. The first kappa shape index (κ1) is 10.3. The topological polar surface area (TPSA) is 17.3 Å². The van der Waals surface area contributed by atoms with Gasteiger partial charge in [-0.2, -0.15) is 0 Å². The van der Waals surface area contributed by atoms with Crippen molar-refractivity contribution in [1.82, 2.24) is 9.38 Å². The molecule has 2 aromatic heterocycles. The number of pyridine rings is 1. The minimum absolute atomic E-state index is 0.292. The highest BCUT2D eigenvalue weighted by atomic mass is 35.5. The van der Waals surface area contributed by atoms with Crippen LogP contribution >= 0.6 is 11.6 Å². The van der Waals surface area contributed by atoms with Crippen LogP contribution in [0, 0.1) is 5.82 Å². The highest BCUT2D eigenvalue weighted by Gasteiger charge is 2.11. The Hall–Kier alpha value is -1.87. The monoisotopic (exact) mass is 246 g/mol. The molecule has 1 aromatic carbocycles. The normalized spacial score (nSPS) is 10.9. The van der Waals surface area contributed by atoms with Gasteiger partial charge < -0.3 is 0 Å². The lowest BCUT2D eigenvalue weighted by Gasteiger charge is -2.03. The number of benzene rings is 1. The van der Waals surface area contributed by atoms with Gasteiger partial charge in [0.1, 0.15) is 11.6 Å². The van der Waals surface area contributed by atoms with Gasteiger partial charge in [-0.3, -0.25) is 4.40 Å². The number of halogens is 2. The summed E-state index contributed by atoms with van der Waals surface area (Å²) in [5, 5.41) is 0.600. The number of hydrogen-bond acceptors (Lipinski definition) is 1. The van der Waals surface area contributed by atoms with E-state index in [1.165, 1.54) is 6.07 Å². The summed E-state index contributed by atoms with van der Waals surface area (Å²) in [7, 11) is 0. The van der Waals surface area contributed by atoms with Gasteiger partial charge in [-0.05, 0) is 24.3 Å². The molecule has 0 amide bonds. The number of imidazole rings is 1. The molecule has 0 saturated carbocycles. The Morgan fingerprint density at radius 3 is 2.76 bits per heavy atom. The number of nitrogens with zero attached hydrogens (tertiary/aromatic N) is 2.